The number of benzene rings is 3. The second-order valence-corrected chi connectivity index (χ2v) is 11.7. The largest absolute Gasteiger partial charge is 0.493 e. The van der Waals surface area contributed by atoms with Gasteiger partial charge in [0.05, 0.1) is 24.8 Å². The molecule has 0 radical (unpaired) electrons. The zero-order chi connectivity index (χ0) is 30.2. The molecule has 3 aromatic carbocycles. The van der Waals surface area contributed by atoms with Crippen LogP contribution in [0.15, 0.2) is 77.7 Å². The first-order valence-corrected chi connectivity index (χ1v) is 15.0. The first-order chi connectivity index (χ1) is 19.5. The highest BCUT2D eigenvalue weighted by Gasteiger charge is 2.33. The van der Waals surface area contributed by atoms with Crippen LogP contribution < -0.4 is 19.1 Å². The van der Waals surface area contributed by atoms with Crippen molar-refractivity contribution < 1.29 is 27.5 Å². The molecule has 11 heteroatoms. The average Bonchev–Trinajstić information content (AvgIpc) is 2.98. The minimum absolute atomic E-state index is 0.00658. The number of nitrogens with one attached hydrogen (secondary N) is 1. The van der Waals surface area contributed by atoms with E-state index >= 15 is 0 Å². The summed E-state index contributed by atoms with van der Waals surface area (Å²) in [5, 5.41) is 3.33. The van der Waals surface area contributed by atoms with Gasteiger partial charge in [0.25, 0.3) is 10.0 Å². The first-order valence-electron chi connectivity index (χ1n) is 13.2. The molecule has 0 bridgehead atoms. The summed E-state index contributed by atoms with van der Waals surface area (Å²) in [5.41, 5.74) is 0.907. The summed E-state index contributed by atoms with van der Waals surface area (Å²) in [7, 11) is -1.41. The van der Waals surface area contributed by atoms with Crippen LogP contribution in [0.5, 0.6) is 11.5 Å². The molecule has 2 atom stereocenters. The Morgan fingerprint density at radius 2 is 1.56 bits per heavy atom. The topological polar surface area (TPSA) is 105 Å². The maximum atomic E-state index is 14.0. The predicted octanol–water partition coefficient (Wildman–Crippen LogP) is 4.88. The van der Waals surface area contributed by atoms with Gasteiger partial charge in [0.1, 0.15) is 12.6 Å². The highest BCUT2D eigenvalue weighted by molar-refractivity contribution is 7.92. The number of rotatable bonds is 13. The molecule has 0 spiro atoms. The maximum absolute atomic E-state index is 14.0. The third-order valence-corrected chi connectivity index (χ3v) is 8.87. The molecule has 0 aliphatic rings. The SMILES string of the molecule is CC[C@H](C)NC(=O)[C@H](C)N(Cc1ccccc1Cl)C(=O)CN(c1ccccc1)S(=O)(=O)c1ccc(OC)c(OC)c1. The number of para-hydroxylation sites is 1. The number of carbonyl (C=O) groups is 2. The van der Waals surface area contributed by atoms with Gasteiger partial charge in [0, 0.05) is 23.7 Å². The Morgan fingerprint density at radius 1 is 0.927 bits per heavy atom. The minimum Gasteiger partial charge on any atom is -0.493 e. The van der Waals surface area contributed by atoms with E-state index in [-0.39, 0.29) is 34.8 Å². The summed E-state index contributed by atoms with van der Waals surface area (Å²) in [6, 6.07) is 18.5. The summed E-state index contributed by atoms with van der Waals surface area (Å²) in [5.74, 6) is -0.345. The Labute approximate surface area is 247 Å². The van der Waals surface area contributed by atoms with Gasteiger partial charge in [-0.3, -0.25) is 13.9 Å². The van der Waals surface area contributed by atoms with E-state index in [0.29, 0.717) is 22.8 Å². The number of halogens is 1. The average molecular weight is 602 g/mol. The van der Waals surface area contributed by atoms with Gasteiger partial charge in [-0.05, 0) is 56.2 Å². The monoisotopic (exact) mass is 601 g/mol. The van der Waals surface area contributed by atoms with E-state index in [1.165, 1.54) is 37.3 Å². The van der Waals surface area contributed by atoms with Crippen molar-refractivity contribution in [3.8, 4) is 11.5 Å². The van der Waals surface area contributed by atoms with Gasteiger partial charge in [-0.25, -0.2) is 8.42 Å². The molecule has 41 heavy (non-hydrogen) atoms. The number of hydrogen-bond acceptors (Lipinski definition) is 6. The van der Waals surface area contributed by atoms with E-state index in [0.717, 1.165) is 4.31 Å². The van der Waals surface area contributed by atoms with Crippen molar-refractivity contribution >= 4 is 39.1 Å². The number of nitrogens with zero attached hydrogens (tertiary/aromatic N) is 2. The lowest BCUT2D eigenvalue weighted by molar-refractivity contribution is -0.139. The molecule has 3 rings (SSSR count). The van der Waals surface area contributed by atoms with Gasteiger partial charge in [0.15, 0.2) is 11.5 Å². The Balaban J connectivity index is 2.05. The Kier molecular flexibility index (Phi) is 11.0. The summed E-state index contributed by atoms with van der Waals surface area (Å²) < 4.78 is 39.6. The van der Waals surface area contributed by atoms with Crippen molar-refractivity contribution in [2.45, 2.75) is 50.7 Å². The van der Waals surface area contributed by atoms with Crippen LogP contribution in [0, 0.1) is 0 Å². The van der Waals surface area contributed by atoms with Crippen LogP contribution in [0.3, 0.4) is 0 Å². The van der Waals surface area contributed by atoms with Crippen molar-refractivity contribution in [3.05, 3.63) is 83.4 Å². The minimum atomic E-state index is -4.27. The van der Waals surface area contributed by atoms with Crippen LogP contribution in [-0.4, -0.2) is 58.0 Å². The van der Waals surface area contributed by atoms with Crippen LogP contribution in [0.1, 0.15) is 32.8 Å². The molecule has 0 aliphatic heterocycles. The summed E-state index contributed by atoms with van der Waals surface area (Å²) >= 11 is 6.40. The second-order valence-electron chi connectivity index (χ2n) is 9.47. The van der Waals surface area contributed by atoms with Crippen LogP contribution in [0.2, 0.25) is 5.02 Å². The molecule has 2 amide bonds. The zero-order valence-electron chi connectivity index (χ0n) is 23.8. The quantitative estimate of drug-likeness (QED) is 0.299. The van der Waals surface area contributed by atoms with Crippen molar-refractivity contribution in [3.63, 3.8) is 0 Å². The Morgan fingerprint density at radius 3 is 2.17 bits per heavy atom. The third kappa shape index (κ3) is 7.71. The second kappa shape index (κ2) is 14.2. The van der Waals surface area contributed by atoms with Gasteiger partial charge < -0.3 is 19.7 Å². The molecule has 0 aromatic heterocycles. The molecule has 0 fully saturated rings. The summed E-state index contributed by atoms with van der Waals surface area (Å²) in [6.07, 6.45) is 0.711. The highest BCUT2D eigenvalue weighted by Crippen LogP contribution is 2.32. The molecule has 1 N–H and O–H groups in total. The lowest BCUT2D eigenvalue weighted by Gasteiger charge is -2.32. The van der Waals surface area contributed by atoms with E-state index in [2.05, 4.69) is 5.32 Å². The molecule has 220 valence electrons. The summed E-state index contributed by atoms with van der Waals surface area (Å²) in [4.78, 5) is 28.4. The molecule has 0 saturated heterocycles. The molecule has 0 heterocycles. The third-order valence-electron chi connectivity index (χ3n) is 6.73. The fourth-order valence-electron chi connectivity index (χ4n) is 4.09. The molecule has 0 aliphatic carbocycles. The van der Waals surface area contributed by atoms with Gasteiger partial charge in [-0.15, -0.1) is 0 Å². The molecular weight excluding hydrogens is 566 g/mol. The molecule has 3 aromatic rings. The van der Waals surface area contributed by atoms with Crippen LogP contribution in [0.25, 0.3) is 0 Å². The lowest BCUT2D eigenvalue weighted by Crippen LogP contribution is -2.52. The van der Waals surface area contributed by atoms with Crippen LogP contribution in [0.4, 0.5) is 5.69 Å². The van der Waals surface area contributed by atoms with E-state index in [4.69, 9.17) is 21.1 Å². The van der Waals surface area contributed by atoms with E-state index in [1.54, 1.807) is 61.5 Å². The van der Waals surface area contributed by atoms with Gasteiger partial charge in [-0.1, -0.05) is 54.9 Å². The normalized spacial score (nSPS) is 12.6. The smallest absolute Gasteiger partial charge is 0.264 e. The van der Waals surface area contributed by atoms with Crippen molar-refractivity contribution in [2.75, 3.05) is 25.1 Å². The Hall–Kier alpha value is -3.76. The standard InChI is InChI=1S/C30H36ClN3O6S/c1-6-21(2)32-30(36)22(3)33(19-23-12-10-11-15-26(23)31)29(35)20-34(24-13-8-7-9-14-24)41(37,38)25-16-17-27(39-4)28(18-25)40-5/h7-18,21-22H,6,19-20H2,1-5H3,(H,32,36)/t21-,22-/m0/s1. The van der Waals surface area contributed by atoms with Crippen molar-refractivity contribution in [1.29, 1.82) is 0 Å². The lowest BCUT2D eigenvalue weighted by atomic mass is 10.1. The zero-order valence-corrected chi connectivity index (χ0v) is 25.4. The van der Waals surface area contributed by atoms with E-state index in [9.17, 15) is 18.0 Å². The molecule has 0 saturated carbocycles. The van der Waals surface area contributed by atoms with Gasteiger partial charge in [0.2, 0.25) is 11.8 Å². The molecule has 0 unspecified atom stereocenters. The number of sulfonamides is 1. The van der Waals surface area contributed by atoms with E-state index in [1.807, 2.05) is 13.8 Å². The fourth-order valence-corrected chi connectivity index (χ4v) is 5.71. The number of carbonyl (C=O) groups excluding carboxylic acids is 2. The number of amides is 2. The molecule has 9 nitrogen and oxygen atoms in total. The highest BCUT2D eigenvalue weighted by atomic mass is 35.5. The van der Waals surface area contributed by atoms with Gasteiger partial charge >= 0.3 is 0 Å². The number of hydrogen-bond donors (Lipinski definition) is 1. The number of anilines is 1. The Bertz CT molecular complexity index is 1450. The molecular formula is C30H36ClN3O6S. The van der Waals surface area contributed by atoms with Crippen LogP contribution in [-0.2, 0) is 26.2 Å². The predicted molar refractivity (Wildman–Crippen MR) is 160 cm³/mol. The fraction of sp³-hybridized carbons (Fsp3) is 0.333. The number of ether oxygens (including phenoxy) is 2. The van der Waals surface area contributed by atoms with Crippen LogP contribution >= 0.6 is 11.6 Å². The maximum Gasteiger partial charge on any atom is 0.264 e. The summed E-state index contributed by atoms with van der Waals surface area (Å²) in [6.45, 7) is 4.87. The van der Waals surface area contributed by atoms with Crippen molar-refractivity contribution in [1.82, 2.24) is 10.2 Å². The first kappa shape index (κ1) is 31.8. The number of methoxy groups -OCH3 is 2. The van der Waals surface area contributed by atoms with Crippen molar-refractivity contribution in [2.24, 2.45) is 0 Å². The van der Waals surface area contributed by atoms with Gasteiger partial charge in [-0.2, -0.15) is 0 Å². The van der Waals surface area contributed by atoms with E-state index < -0.39 is 28.5 Å².